The predicted octanol–water partition coefficient (Wildman–Crippen LogP) is 5.29. The van der Waals surface area contributed by atoms with E-state index in [2.05, 4.69) is 61.6 Å². The maximum Gasteiger partial charge on any atom is 0.224 e. The Morgan fingerprint density at radius 3 is 2.11 bits per heavy atom. The summed E-state index contributed by atoms with van der Waals surface area (Å²) in [6.07, 6.45) is 5.03. The lowest BCUT2D eigenvalue weighted by molar-refractivity contribution is -0.126. The molecule has 0 heterocycles. The minimum absolute atomic E-state index is 0.160. The molecule has 0 aliphatic heterocycles. The number of rotatable bonds is 12. The van der Waals surface area contributed by atoms with Crippen LogP contribution in [0.2, 0.25) is 0 Å². The van der Waals surface area contributed by atoms with Crippen molar-refractivity contribution in [3.05, 3.63) is 71.3 Å². The van der Waals surface area contributed by atoms with Gasteiger partial charge in [0.05, 0.1) is 12.5 Å². The third-order valence-electron chi connectivity index (χ3n) is 5.76. The van der Waals surface area contributed by atoms with Gasteiger partial charge in [-0.1, -0.05) is 50.1 Å². The second-order valence-corrected chi connectivity index (χ2v) is 9.18. The number of carbonyl (C=O) groups is 3. The molecule has 1 N–H and O–H groups in total. The summed E-state index contributed by atoms with van der Waals surface area (Å²) in [5.74, 6) is -1.57. The van der Waals surface area contributed by atoms with Gasteiger partial charge < -0.3 is 15.0 Å². The Labute approximate surface area is 207 Å². The third-order valence-corrected chi connectivity index (χ3v) is 5.76. The third kappa shape index (κ3) is 12.4. The van der Waals surface area contributed by atoms with Gasteiger partial charge >= 0.3 is 0 Å². The molecule has 1 amide bonds. The summed E-state index contributed by atoms with van der Waals surface area (Å²) in [7, 11) is 4.26. The van der Waals surface area contributed by atoms with Crippen LogP contribution in [0.3, 0.4) is 0 Å². The molecular formula is C28H38F2N2O3. The van der Waals surface area contributed by atoms with E-state index in [9.17, 15) is 23.2 Å². The zero-order chi connectivity index (χ0) is 26.4. The van der Waals surface area contributed by atoms with E-state index in [1.807, 2.05) is 0 Å². The van der Waals surface area contributed by atoms with Crippen LogP contribution in [0.15, 0.2) is 48.5 Å². The van der Waals surface area contributed by atoms with Gasteiger partial charge in [0.2, 0.25) is 5.91 Å². The Kier molecular flexibility index (Phi) is 13.7. The molecule has 0 saturated heterocycles. The first-order valence-electron chi connectivity index (χ1n) is 11.9. The minimum atomic E-state index is -0.729. The van der Waals surface area contributed by atoms with Crippen LogP contribution in [0.4, 0.5) is 8.78 Å². The van der Waals surface area contributed by atoms with Crippen LogP contribution < -0.4 is 5.32 Å². The number of amides is 1. The fourth-order valence-electron chi connectivity index (χ4n) is 3.63. The van der Waals surface area contributed by atoms with Crippen molar-refractivity contribution >= 4 is 18.0 Å². The summed E-state index contributed by atoms with van der Waals surface area (Å²) in [6.45, 7) is 5.06. The highest BCUT2D eigenvalue weighted by atomic mass is 19.1. The number of halogens is 2. The molecule has 0 aliphatic rings. The van der Waals surface area contributed by atoms with Gasteiger partial charge in [-0.25, -0.2) is 8.78 Å². The lowest BCUT2D eigenvalue weighted by Gasteiger charge is -2.25. The van der Waals surface area contributed by atoms with Crippen molar-refractivity contribution in [2.45, 2.75) is 65.0 Å². The fourth-order valence-corrected chi connectivity index (χ4v) is 3.63. The molecule has 0 radical (unpaired) electrons. The topological polar surface area (TPSA) is 66.5 Å². The Morgan fingerprint density at radius 1 is 1.00 bits per heavy atom. The number of ketones is 1. The number of Topliss-reactive ketones (excluding diaryl/α,β-unsaturated/α-hetero) is 1. The zero-order valence-electron chi connectivity index (χ0n) is 21.4. The molecule has 2 unspecified atom stereocenters. The average Bonchev–Trinajstić information content (AvgIpc) is 2.76. The molecule has 0 spiro atoms. The van der Waals surface area contributed by atoms with E-state index < -0.39 is 23.6 Å². The molecule has 0 aromatic heterocycles. The highest BCUT2D eigenvalue weighted by molar-refractivity contribution is 5.87. The molecule has 2 rings (SSSR count). The first-order chi connectivity index (χ1) is 16.5. The van der Waals surface area contributed by atoms with Crippen LogP contribution in [-0.2, 0) is 20.8 Å². The van der Waals surface area contributed by atoms with Crippen LogP contribution in [0.5, 0.6) is 0 Å². The number of nitrogens with one attached hydrogen (secondary N) is 1. The molecule has 7 heteroatoms. The number of hydrogen-bond donors (Lipinski definition) is 1. The maximum atomic E-state index is 12.8. The number of hydrogen-bond acceptors (Lipinski definition) is 4. The standard InChI is InChI=1S/C16H25NO.C12H13F2NO2/c1-14(12-13-18)8-7-11-16(17(2)3)15-9-5-4-6-10-15;1-7(8(2)16)15-12(17)5-9-3-10(13)6-11(14)4-9/h4-6,9-10,13-14,16H,7-8,11-12H2,1-3H3;3-4,6-7H,5H2,1-2H3,(H,15,17)/t14?,16-;/m0./s1. The van der Waals surface area contributed by atoms with Crippen LogP contribution in [0.1, 0.15) is 63.6 Å². The molecule has 2 aromatic carbocycles. The first-order valence-corrected chi connectivity index (χ1v) is 11.9. The van der Waals surface area contributed by atoms with Gasteiger partial charge in [-0.3, -0.25) is 9.59 Å². The van der Waals surface area contributed by atoms with E-state index in [-0.39, 0.29) is 17.8 Å². The van der Waals surface area contributed by atoms with E-state index >= 15 is 0 Å². The first kappa shape index (κ1) is 30.1. The van der Waals surface area contributed by atoms with Crippen LogP contribution in [0.25, 0.3) is 0 Å². The lowest BCUT2D eigenvalue weighted by atomic mass is 9.95. The van der Waals surface area contributed by atoms with E-state index in [4.69, 9.17) is 0 Å². The van der Waals surface area contributed by atoms with Crippen molar-refractivity contribution in [1.29, 1.82) is 0 Å². The number of nitrogens with zero attached hydrogens (tertiary/aromatic N) is 1. The number of benzene rings is 2. The van der Waals surface area contributed by atoms with Crippen molar-refractivity contribution in [2.24, 2.45) is 5.92 Å². The van der Waals surface area contributed by atoms with E-state index in [1.165, 1.54) is 18.9 Å². The maximum absolute atomic E-state index is 12.8. The summed E-state index contributed by atoms with van der Waals surface area (Å²) in [4.78, 5) is 35.1. The average molecular weight is 489 g/mol. The molecule has 5 nitrogen and oxygen atoms in total. The van der Waals surface area contributed by atoms with Crippen LogP contribution in [-0.4, -0.2) is 43.0 Å². The van der Waals surface area contributed by atoms with Gasteiger partial charge in [0.1, 0.15) is 17.9 Å². The summed E-state index contributed by atoms with van der Waals surface area (Å²) >= 11 is 0. The number of aldehydes is 1. The van der Waals surface area contributed by atoms with Gasteiger partial charge in [-0.05, 0) is 63.5 Å². The normalized spacial score (nSPS) is 13.3. The summed E-state index contributed by atoms with van der Waals surface area (Å²) in [6, 6.07) is 13.4. The van der Waals surface area contributed by atoms with Crippen LogP contribution >= 0.6 is 0 Å². The quantitative estimate of drug-likeness (QED) is 0.413. The lowest BCUT2D eigenvalue weighted by Crippen LogP contribution is -2.38. The van der Waals surface area contributed by atoms with Crippen molar-refractivity contribution in [2.75, 3.05) is 14.1 Å². The molecule has 0 bridgehead atoms. The molecule has 0 fully saturated rings. The van der Waals surface area contributed by atoms with Crippen molar-refractivity contribution in [1.82, 2.24) is 10.2 Å². The summed E-state index contributed by atoms with van der Waals surface area (Å²) in [5.41, 5.74) is 1.61. The van der Waals surface area contributed by atoms with Gasteiger partial charge in [0.15, 0.2) is 5.78 Å². The SMILES string of the molecule is CC(=O)C(C)NC(=O)Cc1cc(F)cc(F)c1.CC(CC=O)CCC[C@@H](c1ccccc1)N(C)C. The van der Waals surface area contributed by atoms with Crippen molar-refractivity contribution < 1.29 is 23.2 Å². The molecule has 0 saturated carbocycles. The Bertz CT molecular complexity index is 915. The van der Waals surface area contributed by atoms with E-state index in [0.29, 0.717) is 18.4 Å². The molecule has 0 aliphatic carbocycles. The predicted molar refractivity (Wildman–Crippen MR) is 135 cm³/mol. The minimum Gasteiger partial charge on any atom is -0.346 e. The Morgan fingerprint density at radius 2 is 1.60 bits per heavy atom. The summed E-state index contributed by atoms with van der Waals surface area (Å²) < 4.78 is 25.7. The van der Waals surface area contributed by atoms with Crippen molar-refractivity contribution in [3.63, 3.8) is 0 Å². The second-order valence-electron chi connectivity index (χ2n) is 9.18. The molecule has 2 aromatic rings. The Balaban J connectivity index is 0.000000351. The Hall–Kier alpha value is -2.93. The molecular weight excluding hydrogens is 450 g/mol. The monoisotopic (exact) mass is 488 g/mol. The van der Waals surface area contributed by atoms with Gasteiger partial charge in [-0.15, -0.1) is 0 Å². The van der Waals surface area contributed by atoms with E-state index in [1.54, 1.807) is 6.92 Å². The summed E-state index contributed by atoms with van der Waals surface area (Å²) in [5, 5.41) is 2.43. The van der Waals surface area contributed by atoms with Crippen LogP contribution in [0, 0.1) is 17.6 Å². The molecule has 192 valence electrons. The highest BCUT2D eigenvalue weighted by Gasteiger charge is 2.14. The smallest absolute Gasteiger partial charge is 0.224 e. The number of carbonyl (C=O) groups excluding carboxylic acids is 3. The highest BCUT2D eigenvalue weighted by Crippen LogP contribution is 2.25. The largest absolute Gasteiger partial charge is 0.346 e. The molecule has 3 atom stereocenters. The van der Waals surface area contributed by atoms with Crippen molar-refractivity contribution in [3.8, 4) is 0 Å². The fraction of sp³-hybridized carbons (Fsp3) is 0.464. The van der Waals surface area contributed by atoms with Gasteiger partial charge in [0.25, 0.3) is 0 Å². The van der Waals surface area contributed by atoms with Gasteiger partial charge in [0, 0.05) is 18.5 Å². The van der Waals surface area contributed by atoms with Gasteiger partial charge in [-0.2, -0.15) is 0 Å². The zero-order valence-corrected chi connectivity index (χ0v) is 21.4. The second kappa shape index (κ2) is 15.9. The molecule has 35 heavy (non-hydrogen) atoms. The van der Waals surface area contributed by atoms with E-state index in [0.717, 1.165) is 37.3 Å².